The molecule has 0 aliphatic heterocycles. The Hall–Kier alpha value is -0.0200. The third-order valence-corrected chi connectivity index (χ3v) is 1.36. The molecule has 10 heavy (non-hydrogen) atoms. The lowest BCUT2D eigenvalue weighted by Crippen LogP contribution is -2.02. The van der Waals surface area contributed by atoms with E-state index in [1.807, 2.05) is 0 Å². The lowest BCUT2D eigenvalue weighted by molar-refractivity contribution is -0.185. The first kappa shape index (κ1) is 9.98. The van der Waals surface area contributed by atoms with E-state index < -0.39 is 8.25 Å². The summed E-state index contributed by atoms with van der Waals surface area (Å²) in [6.45, 7) is 1.82. The Morgan fingerprint density at radius 3 is 2.80 bits per heavy atom. The number of aliphatic hydroxyl groups excluding tert-OH is 1. The highest BCUT2D eigenvalue weighted by molar-refractivity contribution is 7.30. The van der Waals surface area contributed by atoms with Gasteiger partial charge >= 0.3 is 8.25 Å². The highest BCUT2D eigenvalue weighted by Crippen LogP contribution is 2.09. The summed E-state index contributed by atoms with van der Waals surface area (Å²) in [7, 11) is -2.71. The minimum absolute atomic E-state index is 0.170. The van der Waals surface area contributed by atoms with E-state index in [-0.39, 0.29) is 12.7 Å². The zero-order chi connectivity index (χ0) is 7.98. The van der Waals surface area contributed by atoms with Gasteiger partial charge in [-0.25, -0.2) is 0 Å². The van der Waals surface area contributed by atoms with Crippen LogP contribution in [0.1, 0.15) is 19.8 Å². The summed E-state index contributed by atoms with van der Waals surface area (Å²) in [5.41, 5.74) is 0. The van der Waals surface area contributed by atoms with E-state index in [2.05, 4.69) is 4.52 Å². The number of rotatable bonds is 5. The second-order valence-corrected chi connectivity index (χ2v) is 2.75. The van der Waals surface area contributed by atoms with Crippen molar-refractivity contribution in [1.82, 2.24) is 0 Å². The molecule has 0 bridgehead atoms. The van der Waals surface area contributed by atoms with Crippen LogP contribution in [0.2, 0.25) is 0 Å². The van der Waals surface area contributed by atoms with Crippen LogP contribution in [0.25, 0.3) is 0 Å². The summed E-state index contributed by atoms with van der Waals surface area (Å²) in [5, 5.41) is 8.71. The van der Waals surface area contributed by atoms with Crippen LogP contribution in [-0.2, 0) is 9.09 Å². The van der Waals surface area contributed by atoms with Gasteiger partial charge in [-0.05, 0) is 24.3 Å². The first-order valence-electron chi connectivity index (χ1n) is 3.08. The standard InChI is InChI=1S/C5H11O4P/c1-5(6)3-2-4-9-10(7)8/h5-6H,2-4H2,1H3. The molecule has 0 aromatic carbocycles. The Bertz CT molecular complexity index is 104. The molecule has 2 unspecified atom stereocenters. The van der Waals surface area contributed by atoms with Crippen molar-refractivity contribution in [2.45, 2.75) is 25.9 Å². The predicted octanol–water partition coefficient (Wildman–Crippen LogP) is 0.182. The van der Waals surface area contributed by atoms with E-state index in [9.17, 15) is 9.46 Å². The third-order valence-electron chi connectivity index (χ3n) is 0.963. The van der Waals surface area contributed by atoms with Crippen molar-refractivity contribution in [2.24, 2.45) is 0 Å². The van der Waals surface area contributed by atoms with Crippen LogP contribution in [0.5, 0.6) is 0 Å². The molecular weight excluding hydrogens is 155 g/mol. The van der Waals surface area contributed by atoms with Crippen molar-refractivity contribution in [3.8, 4) is 0 Å². The second kappa shape index (κ2) is 5.74. The fraction of sp³-hybridized carbons (Fsp3) is 1.00. The van der Waals surface area contributed by atoms with Crippen LogP contribution in [-0.4, -0.2) is 17.8 Å². The molecular formula is C5H11O4P. The van der Waals surface area contributed by atoms with Crippen molar-refractivity contribution in [1.29, 1.82) is 0 Å². The Labute approximate surface area is 60.8 Å². The van der Waals surface area contributed by atoms with Crippen LogP contribution in [0, 0.1) is 0 Å². The normalized spacial score (nSPS) is 14.9. The Morgan fingerprint density at radius 1 is 1.80 bits per heavy atom. The average molecular weight is 166 g/mol. The van der Waals surface area contributed by atoms with E-state index in [0.717, 1.165) is 0 Å². The smallest absolute Gasteiger partial charge is 0.488 e. The number of hydrogen-bond donors (Lipinski definition) is 1. The summed E-state index contributed by atoms with van der Waals surface area (Å²) >= 11 is 0. The van der Waals surface area contributed by atoms with Crippen molar-refractivity contribution in [3.63, 3.8) is 0 Å². The average Bonchev–Trinajstić information content (AvgIpc) is 1.79. The van der Waals surface area contributed by atoms with Crippen molar-refractivity contribution >= 4 is 8.25 Å². The van der Waals surface area contributed by atoms with Gasteiger partial charge in [0, 0.05) is 0 Å². The molecule has 1 N–H and O–H groups in total. The predicted molar refractivity (Wildman–Crippen MR) is 34.5 cm³/mol. The van der Waals surface area contributed by atoms with Crippen LogP contribution in [0.15, 0.2) is 0 Å². The summed E-state index contributed by atoms with van der Waals surface area (Å²) < 4.78 is 14.0. The van der Waals surface area contributed by atoms with Crippen molar-refractivity contribution < 1.29 is 19.1 Å². The van der Waals surface area contributed by atoms with E-state index in [0.29, 0.717) is 12.8 Å². The maximum atomic E-state index is 9.80. The lowest BCUT2D eigenvalue weighted by atomic mass is 10.2. The monoisotopic (exact) mass is 166 g/mol. The van der Waals surface area contributed by atoms with Gasteiger partial charge in [0.15, 0.2) is 0 Å². The number of hydrogen-bond acceptors (Lipinski definition) is 4. The zero-order valence-electron chi connectivity index (χ0n) is 5.82. The maximum Gasteiger partial charge on any atom is 0.488 e. The fourth-order valence-corrected chi connectivity index (χ4v) is 0.796. The fourth-order valence-electron chi connectivity index (χ4n) is 0.518. The van der Waals surface area contributed by atoms with Crippen LogP contribution < -0.4 is 4.89 Å². The summed E-state index contributed by atoms with van der Waals surface area (Å²) in [4.78, 5) is 9.80. The molecule has 0 aliphatic carbocycles. The van der Waals surface area contributed by atoms with E-state index in [4.69, 9.17) is 5.11 Å². The van der Waals surface area contributed by atoms with Gasteiger partial charge in [-0.15, -0.1) is 4.52 Å². The van der Waals surface area contributed by atoms with E-state index >= 15 is 0 Å². The quantitative estimate of drug-likeness (QED) is 0.467. The van der Waals surface area contributed by atoms with Crippen molar-refractivity contribution in [2.75, 3.05) is 6.61 Å². The van der Waals surface area contributed by atoms with E-state index in [1.165, 1.54) is 0 Å². The molecule has 0 heterocycles. The molecule has 0 spiro atoms. The molecule has 0 saturated heterocycles. The molecule has 0 fully saturated rings. The molecule has 2 atom stereocenters. The zero-order valence-corrected chi connectivity index (χ0v) is 6.71. The molecule has 0 amide bonds. The SMILES string of the molecule is CC(O)CCCO[P+](=O)[O-]. The van der Waals surface area contributed by atoms with Gasteiger partial charge in [-0.3, -0.25) is 0 Å². The Morgan fingerprint density at radius 2 is 2.40 bits per heavy atom. The Balaban J connectivity index is 2.98. The van der Waals surface area contributed by atoms with Gasteiger partial charge < -0.3 is 10.00 Å². The van der Waals surface area contributed by atoms with Gasteiger partial charge in [0.25, 0.3) is 0 Å². The largest absolute Gasteiger partial charge is 0.566 e. The topological polar surface area (TPSA) is 69.6 Å². The number of aliphatic hydroxyl groups is 1. The third kappa shape index (κ3) is 7.98. The van der Waals surface area contributed by atoms with Crippen LogP contribution >= 0.6 is 8.25 Å². The summed E-state index contributed by atoms with van der Waals surface area (Å²) in [6, 6.07) is 0. The van der Waals surface area contributed by atoms with E-state index in [1.54, 1.807) is 6.92 Å². The molecule has 0 rings (SSSR count). The molecule has 0 aromatic rings. The molecule has 0 radical (unpaired) electrons. The minimum Gasteiger partial charge on any atom is -0.566 e. The first-order valence-corrected chi connectivity index (χ1v) is 4.18. The molecule has 0 aliphatic rings. The van der Waals surface area contributed by atoms with Gasteiger partial charge in [0.05, 0.1) is 6.10 Å². The van der Waals surface area contributed by atoms with Gasteiger partial charge in [-0.1, -0.05) is 0 Å². The van der Waals surface area contributed by atoms with Crippen molar-refractivity contribution in [3.05, 3.63) is 0 Å². The Kier molecular flexibility index (Phi) is 5.73. The maximum absolute atomic E-state index is 9.80. The molecule has 60 valence electrons. The molecule has 5 heteroatoms. The lowest BCUT2D eigenvalue weighted by Gasteiger charge is -1.99. The van der Waals surface area contributed by atoms with Crippen LogP contribution in [0.4, 0.5) is 0 Å². The highest BCUT2D eigenvalue weighted by atomic mass is 31.1. The molecule has 0 aromatic heterocycles. The van der Waals surface area contributed by atoms with Gasteiger partial charge in [-0.2, -0.15) is 0 Å². The van der Waals surface area contributed by atoms with Gasteiger partial charge in [0.1, 0.15) is 6.61 Å². The highest BCUT2D eigenvalue weighted by Gasteiger charge is 2.01. The van der Waals surface area contributed by atoms with Crippen LogP contribution in [0.3, 0.4) is 0 Å². The summed E-state index contributed by atoms with van der Waals surface area (Å²) in [6.07, 6.45) is 0.762. The molecule has 4 nitrogen and oxygen atoms in total. The first-order chi connectivity index (χ1) is 4.63. The minimum atomic E-state index is -2.71. The van der Waals surface area contributed by atoms with Gasteiger partial charge in [0.2, 0.25) is 0 Å². The molecule has 0 saturated carbocycles. The second-order valence-electron chi connectivity index (χ2n) is 2.05. The summed E-state index contributed by atoms with van der Waals surface area (Å²) in [5.74, 6) is 0.